The van der Waals surface area contributed by atoms with Gasteiger partial charge in [0.2, 0.25) is 0 Å². The Morgan fingerprint density at radius 1 is 1.14 bits per heavy atom. The number of phenolic OH excluding ortho intramolecular Hbond substituents is 1. The van der Waals surface area contributed by atoms with Gasteiger partial charge in [-0.2, -0.15) is 0 Å². The molecule has 1 saturated carbocycles. The van der Waals surface area contributed by atoms with Crippen molar-refractivity contribution in [2.45, 2.75) is 43.6 Å². The van der Waals surface area contributed by atoms with Crippen molar-refractivity contribution in [3.63, 3.8) is 0 Å². The van der Waals surface area contributed by atoms with Gasteiger partial charge in [0.25, 0.3) is 0 Å². The second-order valence-corrected chi connectivity index (χ2v) is 9.53. The van der Waals surface area contributed by atoms with E-state index in [0.29, 0.717) is 23.2 Å². The number of nitrogens with two attached hydrogens (primary N) is 1. The first-order valence-electron chi connectivity index (χ1n) is 11.4. The second kappa shape index (κ2) is 7.07. The number of aromatic hydroxyl groups is 1. The molecule has 0 spiro atoms. The quantitative estimate of drug-likeness (QED) is 0.285. The smallest absolute Gasteiger partial charge is 0.198 e. The van der Waals surface area contributed by atoms with Gasteiger partial charge < -0.3 is 26.4 Å². The number of hydrogen-bond acceptors (Lipinski definition) is 7. The molecule has 174 valence electrons. The first-order chi connectivity index (χ1) is 16.8. The lowest BCUT2D eigenvalue weighted by molar-refractivity contribution is 0.0603. The summed E-state index contributed by atoms with van der Waals surface area (Å²) >= 11 is 0. The molecule has 6 rings (SSSR count). The summed E-state index contributed by atoms with van der Waals surface area (Å²) in [6, 6.07) is 5.72. The summed E-state index contributed by atoms with van der Waals surface area (Å²) in [4.78, 5) is 27.4. The highest BCUT2D eigenvalue weighted by atomic mass is 16.3. The number of hydrogen-bond donors (Lipinski definition) is 5. The first kappa shape index (κ1) is 21.6. The molecule has 0 aromatic heterocycles. The molecular weight excluding hydrogens is 444 g/mol. The van der Waals surface area contributed by atoms with Crippen molar-refractivity contribution in [1.82, 2.24) is 0 Å². The number of aliphatic hydroxyl groups excluding tert-OH is 2. The molecule has 7 heteroatoms. The Balaban J connectivity index is 1.68. The molecule has 0 amide bonds. The van der Waals surface area contributed by atoms with Gasteiger partial charge in [0.05, 0.1) is 29.0 Å². The number of carbonyl (C=O) groups is 2. The number of phenols is 1. The van der Waals surface area contributed by atoms with Crippen LogP contribution in [0.15, 0.2) is 36.4 Å². The molecule has 2 bridgehead atoms. The van der Waals surface area contributed by atoms with Gasteiger partial charge in [0.1, 0.15) is 11.9 Å². The van der Waals surface area contributed by atoms with Crippen LogP contribution < -0.4 is 11.1 Å². The van der Waals surface area contributed by atoms with Gasteiger partial charge in [0.15, 0.2) is 11.6 Å². The van der Waals surface area contributed by atoms with E-state index in [1.807, 2.05) is 0 Å². The summed E-state index contributed by atoms with van der Waals surface area (Å²) < 4.78 is 0. The number of fused-ring (bicyclic) bond motifs is 4. The average Bonchev–Trinajstić information content (AvgIpc) is 3.57. The molecule has 0 radical (unpaired) electrons. The number of benzene rings is 2. The van der Waals surface area contributed by atoms with Crippen LogP contribution in [0.4, 0.5) is 5.69 Å². The molecular formula is C28H22N2O5. The zero-order chi connectivity index (χ0) is 24.7. The molecule has 3 aliphatic carbocycles. The molecule has 1 aliphatic heterocycles. The highest BCUT2D eigenvalue weighted by molar-refractivity contribution is 6.32. The zero-order valence-corrected chi connectivity index (χ0v) is 18.8. The van der Waals surface area contributed by atoms with E-state index < -0.39 is 40.6 Å². The van der Waals surface area contributed by atoms with E-state index in [0.717, 1.165) is 0 Å². The Kier molecular flexibility index (Phi) is 4.37. The normalized spacial score (nSPS) is 30.5. The molecule has 35 heavy (non-hydrogen) atoms. The molecule has 5 atom stereocenters. The Labute approximate surface area is 201 Å². The predicted molar refractivity (Wildman–Crippen MR) is 128 cm³/mol. The highest BCUT2D eigenvalue weighted by Crippen LogP contribution is 2.74. The maximum atomic E-state index is 13.8. The number of aliphatic hydroxyl groups is 2. The van der Waals surface area contributed by atoms with E-state index in [-0.39, 0.29) is 34.5 Å². The summed E-state index contributed by atoms with van der Waals surface area (Å²) in [5.74, 6) is 10.4. The van der Waals surface area contributed by atoms with E-state index >= 15 is 0 Å². The average molecular weight is 466 g/mol. The number of allylic oxidation sites excluding steroid dienone is 2. The van der Waals surface area contributed by atoms with Gasteiger partial charge >= 0.3 is 0 Å². The maximum absolute atomic E-state index is 13.8. The van der Waals surface area contributed by atoms with Gasteiger partial charge in [-0.25, -0.2) is 0 Å². The monoisotopic (exact) mass is 466 g/mol. The number of anilines is 1. The molecule has 0 unspecified atom stereocenters. The summed E-state index contributed by atoms with van der Waals surface area (Å²) in [5.41, 5.74) is 5.48. The van der Waals surface area contributed by atoms with E-state index in [1.165, 1.54) is 6.07 Å². The molecule has 1 heterocycles. The summed E-state index contributed by atoms with van der Waals surface area (Å²) in [5, 5.41) is 36.6. The Morgan fingerprint density at radius 3 is 2.60 bits per heavy atom. The molecule has 7 nitrogen and oxygen atoms in total. The summed E-state index contributed by atoms with van der Waals surface area (Å²) in [6.45, 7) is 1.71. The fraction of sp³-hybridized carbons (Fsp3) is 0.286. The third-order valence-electron chi connectivity index (χ3n) is 8.07. The van der Waals surface area contributed by atoms with E-state index in [2.05, 4.69) is 29.0 Å². The lowest BCUT2D eigenvalue weighted by Crippen LogP contribution is -2.50. The van der Waals surface area contributed by atoms with Crippen molar-refractivity contribution in [2.75, 3.05) is 5.32 Å². The molecule has 1 fully saturated rings. The third-order valence-corrected chi connectivity index (χ3v) is 8.07. The van der Waals surface area contributed by atoms with Crippen LogP contribution in [0.3, 0.4) is 0 Å². The fourth-order valence-electron chi connectivity index (χ4n) is 6.40. The van der Waals surface area contributed by atoms with Crippen LogP contribution in [-0.4, -0.2) is 45.1 Å². The Morgan fingerprint density at radius 2 is 1.89 bits per heavy atom. The molecule has 0 saturated heterocycles. The van der Waals surface area contributed by atoms with Gasteiger partial charge in [-0.15, -0.1) is 0 Å². The van der Waals surface area contributed by atoms with Crippen LogP contribution >= 0.6 is 0 Å². The van der Waals surface area contributed by atoms with Crippen molar-refractivity contribution in [1.29, 1.82) is 0 Å². The topological polar surface area (TPSA) is 133 Å². The van der Waals surface area contributed by atoms with Gasteiger partial charge in [-0.05, 0) is 42.7 Å². The van der Waals surface area contributed by atoms with Crippen LogP contribution in [0.1, 0.15) is 56.3 Å². The third kappa shape index (κ3) is 2.47. The molecule has 4 aliphatic rings. The minimum Gasteiger partial charge on any atom is -0.507 e. The molecule has 2 aromatic carbocycles. The minimum atomic E-state index is -1.20. The second-order valence-electron chi connectivity index (χ2n) is 9.53. The van der Waals surface area contributed by atoms with Crippen LogP contribution in [0.25, 0.3) is 0 Å². The van der Waals surface area contributed by atoms with Gasteiger partial charge in [-0.1, -0.05) is 41.9 Å². The van der Waals surface area contributed by atoms with Crippen LogP contribution in [-0.2, 0) is 12.0 Å². The van der Waals surface area contributed by atoms with E-state index in [1.54, 1.807) is 37.3 Å². The number of carbonyl (C=O) groups excluding carboxylic acids is 2. The number of rotatable bonds is 2. The van der Waals surface area contributed by atoms with Crippen molar-refractivity contribution < 1.29 is 24.9 Å². The van der Waals surface area contributed by atoms with E-state index in [9.17, 15) is 24.9 Å². The Bertz CT molecular complexity index is 1520. The van der Waals surface area contributed by atoms with Crippen molar-refractivity contribution >= 4 is 17.3 Å². The Hall–Kier alpha value is -3.88. The summed E-state index contributed by atoms with van der Waals surface area (Å²) in [7, 11) is 0. The van der Waals surface area contributed by atoms with Crippen LogP contribution in [0, 0.1) is 29.1 Å². The van der Waals surface area contributed by atoms with Crippen LogP contribution in [0.2, 0.25) is 0 Å². The summed E-state index contributed by atoms with van der Waals surface area (Å²) in [6.07, 6.45) is 1.35. The largest absolute Gasteiger partial charge is 0.507 e. The van der Waals surface area contributed by atoms with Crippen LogP contribution in [0.5, 0.6) is 5.75 Å². The minimum absolute atomic E-state index is 0.0386. The maximum Gasteiger partial charge on any atom is 0.198 e. The number of nitrogens with one attached hydrogen (secondary N) is 1. The fourth-order valence-corrected chi connectivity index (χ4v) is 6.40. The standard InChI is InChI=1S/C28H22N2O5/c1-14(31)27-13-28(27)17-11-18(32)22-23(24(17)30-19(27)9-4-2-3-5-10-20(28)33)25(34)16-8-6-7-15(12-29)21(16)26(22)35/h2-3,6-8,11,14,19-20,30-33H,12-13,29H2,1H3/b3-2-/t14-,19+,20-,27-,28-/m1/s1. The van der Waals surface area contributed by atoms with Gasteiger partial charge in [-0.3, -0.25) is 9.59 Å². The SMILES string of the molecule is C[C@@H](O)[C@@]12C[C@]13c1cc(O)c4c(c1N[C@H]2C#C/C=C\C#C[C@H]3O)C(=O)c1cccc(CN)c1C4=O. The first-order valence-corrected chi connectivity index (χ1v) is 11.4. The molecule has 6 N–H and O–H groups in total. The van der Waals surface area contributed by atoms with E-state index in [4.69, 9.17) is 5.73 Å². The number of ketones is 2. The highest BCUT2D eigenvalue weighted by Gasteiger charge is 2.79. The van der Waals surface area contributed by atoms with Crippen molar-refractivity contribution in [3.8, 4) is 29.4 Å². The lowest BCUT2D eigenvalue weighted by Gasteiger charge is -2.42. The van der Waals surface area contributed by atoms with Crippen molar-refractivity contribution in [2.24, 2.45) is 11.1 Å². The molecule has 2 aromatic rings. The van der Waals surface area contributed by atoms with Gasteiger partial charge in [0, 0.05) is 28.5 Å². The predicted octanol–water partition coefficient (Wildman–Crippen LogP) is 1.37. The van der Waals surface area contributed by atoms with Crippen molar-refractivity contribution in [3.05, 3.63) is 69.8 Å². The lowest BCUT2D eigenvalue weighted by atomic mass is 9.69. The zero-order valence-electron chi connectivity index (χ0n) is 18.8.